The smallest absolute Gasteiger partial charge is 0.191 e. The Hall–Kier alpha value is -1.56. The Bertz CT molecular complexity index is 514. The number of hydrogen-bond acceptors (Lipinski definition) is 4. The quantitative estimate of drug-likeness (QED) is 0.564. The van der Waals surface area contributed by atoms with Gasteiger partial charge < -0.3 is 19.9 Å². The summed E-state index contributed by atoms with van der Waals surface area (Å²) in [6.07, 6.45) is 7.20. The minimum absolute atomic E-state index is 0.356. The minimum atomic E-state index is 0.356. The van der Waals surface area contributed by atoms with E-state index in [0.717, 1.165) is 50.0 Å². The Morgan fingerprint density at radius 1 is 1.29 bits per heavy atom. The summed E-state index contributed by atoms with van der Waals surface area (Å²) in [6.45, 7) is 6.55. The van der Waals surface area contributed by atoms with Gasteiger partial charge in [-0.3, -0.25) is 4.99 Å². The van der Waals surface area contributed by atoms with Crippen LogP contribution in [0.15, 0.2) is 9.52 Å². The number of aryl methyl sites for hydroxylation is 2. The van der Waals surface area contributed by atoms with Gasteiger partial charge in [0.1, 0.15) is 5.76 Å². The number of aromatic nitrogens is 1. The van der Waals surface area contributed by atoms with Crippen LogP contribution >= 0.6 is 0 Å². The Morgan fingerprint density at radius 2 is 2.04 bits per heavy atom. The molecule has 0 bridgehead atoms. The summed E-state index contributed by atoms with van der Waals surface area (Å²) in [5.41, 5.74) is 2.52. The van der Waals surface area contributed by atoms with Gasteiger partial charge in [0.2, 0.25) is 0 Å². The molecule has 6 heteroatoms. The molecule has 6 nitrogen and oxygen atoms in total. The van der Waals surface area contributed by atoms with Crippen molar-refractivity contribution in [2.24, 2.45) is 10.4 Å². The third-order valence-corrected chi connectivity index (χ3v) is 5.20. The van der Waals surface area contributed by atoms with E-state index in [4.69, 9.17) is 9.26 Å². The molecule has 1 aliphatic carbocycles. The summed E-state index contributed by atoms with van der Waals surface area (Å²) in [5, 5.41) is 10.9. The van der Waals surface area contributed by atoms with E-state index in [1.165, 1.54) is 31.2 Å². The van der Waals surface area contributed by atoms with Crippen molar-refractivity contribution in [3.05, 3.63) is 17.0 Å². The van der Waals surface area contributed by atoms with Gasteiger partial charge in [-0.15, -0.1) is 0 Å². The molecular weight excluding hydrogens is 304 g/mol. The topological polar surface area (TPSA) is 71.7 Å². The first kappa shape index (κ1) is 18.8. The van der Waals surface area contributed by atoms with Crippen molar-refractivity contribution >= 4 is 5.96 Å². The zero-order valence-electron chi connectivity index (χ0n) is 15.6. The molecule has 1 fully saturated rings. The number of nitrogens with one attached hydrogen (secondary N) is 2. The largest absolute Gasteiger partial charge is 0.385 e. The van der Waals surface area contributed by atoms with Crippen molar-refractivity contribution in [3.8, 4) is 0 Å². The van der Waals surface area contributed by atoms with Gasteiger partial charge in [-0.25, -0.2) is 0 Å². The fraction of sp³-hybridized carbons (Fsp3) is 0.778. The van der Waals surface area contributed by atoms with Crippen LogP contribution < -0.4 is 10.6 Å². The molecule has 24 heavy (non-hydrogen) atoms. The number of rotatable bonds is 8. The molecule has 0 radical (unpaired) electrons. The summed E-state index contributed by atoms with van der Waals surface area (Å²) < 4.78 is 10.5. The SMILES string of the molecule is CN=C(NCCc1c(C)noc1C)NCC1(CCOC)CCCC1. The first-order valence-corrected chi connectivity index (χ1v) is 8.95. The van der Waals surface area contributed by atoms with Crippen LogP contribution in [0.4, 0.5) is 0 Å². The van der Waals surface area contributed by atoms with E-state index in [-0.39, 0.29) is 0 Å². The van der Waals surface area contributed by atoms with E-state index in [0.29, 0.717) is 5.41 Å². The van der Waals surface area contributed by atoms with Crippen LogP contribution in [0, 0.1) is 19.3 Å². The normalized spacial score (nSPS) is 17.2. The molecule has 1 heterocycles. The van der Waals surface area contributed by atoms with Crippen molar-refractivity contribution in [1.82, 2.24) is 15.8 Å². The third kappa shape index (κ3) is 4.97. The average molecular weight is 336 g/mol. The highest BCUT2D eigenvalue weighted by atomic mass is 16.5. The highest BCUT2D eigenvalue weighted by Gasteiger charge is 2.33. The lowest BCUT2D eigenvalue weighted by Crippen LogP contribution is -2.44. The molecule has 0 atom stereocenters. The Kier molecular flexibility index (Phi) is 7.09. The van der Waals surface area contributed by atoms with Crippen LogP contribution in [0.3, 0.4) is 0 Å². The Labute approximate surface area is 145 Å². The van der Waals surface area contributed by atoms with Crippen LogP contribution in [-0.2, 0) is 11.2 Å². The molecule has 0 amide bonds. The maximum atomic E-state index is 5.30. The van der Waals surface area contributed by atoms with E-state index < -0.39 is 0 Å². The number of ether oxygens (including phenoxy) is 1. The van der Waals surface area contributed by atoms with Crippen LogP contribution in [0.2, 0.25) is 0 Å². The second kappa shape index (κ2) is 9.06. The van der Waals surface area contributed by atoms with E-state index in [9.17, 15) is 0 Å². The minimum Gasteiger partial charge on any atom is -0.385 e. The van der Waals surface area contributed by atoms with Crippen molar-refractivity contribution < 1.29 is 9.26 Å². The summed E-state index contributed by atoms with van der Waals surface area (Å²) >= 11 is 0. The number of aliphatic imine (C=N–C) groups is 1. The summed E-state index contributed by atoms with van der Waals surface area (Å²) in [4.78, 5) is 4.35. The highest BCUT2D eigenvalue weighted by Crippen LogP contribution is 2.40. The molecule has 1 aliphatic rings. The average Bonchev–Trinajstić information content (AvgIpc) is 3.18. The molecule has 0 spiro atoms. The Morgan fingerprint density at radius 3 is 2.62 bits per heavy atom. The summed E-state index contributed by atoms with van der Waals surface area (Å²) in [7, 11) is 3.60. The van der Waals surface area contributed by atoms with Gasteiger partial charge in [-0.2, -0.15) is 0 Å². The molecule has 0 aromatic carbocycles. The molecule has 1 aromatic rings. The van der Waals surface area contributed by atoms with Gasteiger partial charge in [0.15, 0.2) is 5.96 Å². The molecule has 0 aliphatic heterocycles. The van der Waals surface area contributed by atoms with E-state index in [1.54, 1.807) is 7.11 Å². The van der Waals surface area contributed by atoms with E-state index in [1.807, 2.05) is 20.9 Å². The lowest BCUT2D eigenvalue weighted by atomic mass is 9.83. The van der Waals surface area contributed by atoms with Gasteiger partial charge in [-0.05, 0) is 44.9 Å². The third-order valence-electron chi connectivity index (χ3n) is 5.20. The Balaban J connectivity index is 1.79. The lowest BCUT2D eigenvalue weighted by molar-refractivity contribution is 0.138. The number of nitrogens with zero attached hydrogens (tertiary/aromatic N) is 2. The second-order valence-corrected chi connectivity index (χ2v) is 6.86. The zero-order chi connectivity index (χ0) is 17.4. The predicted octanol–water partition coefficient (Wildman–Crippen LogP) is 2.60. The molecule has 2 rings (SSSR count). The number of methoxy groups -OCH3 is 1. The first-order valence-electron chi connectivity index (χ1n) is 8.95. The van der Waals surface area contributed by atoms with Gasteiger partial charge >= 0.3 is 0 Å². The lowest BCUT2D eigenvalue weighted by Gasteiger charge is -2.30. The number of guanidine groups is 1. The molecule has 0 saturated heterocycles. The molecular formula is C18H32N4O2. The zero-order valence-corrected chi connectivity index (χ0v) is 15.6. The molecule has 0 unspecified atom stereocenters. The van der Waals surface area contributed by atoms with Crippen LogP contribution in [-0.4, -0.2) is 45.0 Å². The van der Waals surface area contributed by atoms with Gasteiger partial charge in [0, 0.05) is 39.4 Å². The summed E-state index contributed by atoms with van der Waals surface area (Å²) in [5.74, 6) is 1.77. The van der Waals surface area contributed by atoms with Gasteiger partial charge in [0.25, 0.3) is 0 Å². The highest BCUT2D eigenvalue weighted by molar-refractivity contribution is 5.79. The van der Waals surface area contributed by atoms with Gasteiger partial charge in [-0.1, -0.05) is 18.0 Å². The maximum absolute atomic E-state index is 5.30. The number of hydrogen-bond donors (Lipinski definition) is 2. The van der Waals surface area contributed by atoms with Crippen LogP contribution in [0.25, 0.3) is 0 Å². The first-order chi connectivity index (χ1) is 11.6. The van der Waals surface area contributed by atoms with Crippen molar-refractivity contribution in [2.75, 3.05) is 33.9 Å². The second-order valence-electron chi connectivity index (χ2n) is 6.86. The van der Waals surface area contributed by atoms with E-state index in [2.05, 4.69) is 20.8 Å². The molecule has 136 valence electrons. The van der Waals surface area contributed by atoms with Gasteiger partial charge in [0.05, 0.1) is 5.69 Å². The summed E-state index contributed by atoms with van der Waals surface area (Å²) in [6, 6.07) is 0. The predicted molar refractivity (Wildman–Crippen MR) is 96.4 cm³/mol. The fourth-order valence-corrected chi connectivity index (χ4v) is 3.62. The van der Waals surface area contributed by atoms with Crippen molar-refractivity contribution in [3.63, 3.8) is 0 Å². The van der Waals surface area contributed by atoms with Crippen LogP contribution in [0.1, 0.15) is 49.1 Å². The van der Waals surface area contributed by atoms with Crippen molar-refractivity contribution in [2.45, 2.75) is 52.4 Å². The van der Waals surface area contributed by atoms with Crippen molar-refractivity contribution in [1.29, 1.82) is 0 Å². The molecule has 2 N–H and O–H groups in total. The monoisotopic (exact) mass is 336 g/mol. The van der Waals surface area contributed by atoms with E-state index >= 15 is 0 Å². The maximum Gasteiger partial charge on any atom is 0.191 e. The molecule has 1 aromatic heterocycles. The standard InChI is InChI=1S/C18H32N4O2/c1-14-16(15(2)24-22-14)7-11-20-17(19-3)21-13-18(10-12-23-4)8-5-6-9-18/h5-13H2,1-4H3,(H2,19,20,21). The fourth-order valence-electron chi connectivity index (χ4n) is 3.62. The molecule has 1 saturated carbocycles. The van der Waals surface area contributed by atoms with Crippen LogP contribution in [0.5, 0.6) is 0 Å².